The second-order valence-electron chi connectivity index (χ2n) is 9.06. The Labute approximate surface area is 210 Å². The third kappa shape index (κ3) is 4.45. The van der Waals surface area contributed by atoms with Crippen molar-refractivity contribution in [1.82, 2.24) is 14.8 Å². The number of amides is 1. The summed E-state index contributed by atoms with van der Waals surface area (Å²) in [5, 5.41) is 8.43. The SMILES string of the molecule is COc1ccc(NC(=O)c2cc(-c3cnn(-c4ccc(C(C)C)cc4)c3C)nc3ccccc23)cc1. The number of pyridine rings is 1. The van der Waals surface area contributed by atoms with E-state index in [1.54, 1.807) is 7.11 Å². The van der Waals surface area contributed by atoms with Crippen molar-refractivity contribution in [2.75, 3.05) is 12.4 Å². The van der Waals surface area contributed by atoms with Crippen LogP contribution in [0.1, 0.15) is 41.4 Å². The topological polar surface area (TPSA) is 69.0 Å². The van der Waals surface area contributed by atoms with Crippen molar-refractivity contribution in [3.05, 3.63) is 102 Å². The number of carbonyl (C=O) groups excluding carboxylic acids is 1. The van der Waals surface area contributed by atoms with Crippen LogP contribution in [-0.2, 0) is 0 Å². The lowest BCUT2D eigenvalue weighted by Gasteiger charge is -2.11. The molecule has 0 aliphatic rings. The fraction of sp³-hybridized carbons (Fsp3) is 0.167. The van der Waals surface area contributed by atoms with Crippen LogP contribution >= 0.6 is 0 Å². The van der Waals surface area contributed by atoms with Gasteiger partial charge in [-0.3, -0.25) is 4.79 Å². The molecule has 0 radical (unpaired) electrons. The molecule has 36 heavy (non-hydrogen) atoms. The molecular formula is C30H28N4O2. The quantitative estimate of drug-likeness (QED) is 0.293. The van der Waals surface area contributed by atoms with Gasteiger partial charge in [-0.15, -0.1) is 0 Å². The van der Waals surface area contributed by atoms with Gasteiger partial charge in [0.05, 0.1) is 41.5 Å². The molecule has 1 amide bonds. The number of fused-ring (bicyclic) bond motifs is 1. The largest absolute Gasteiger partial charge is 0.497 e. The molecular weight excluding hydrogens is 448 g/mol. The van der Waals surface area contributed by atoms with E-state index >= 15 is 0 Å². The van der Waals surface area contributed by atoms with E-state index in [1.807, 2.05) is 72.4 Å². The molecule has 5 rings (SSSR count). The third-order valence-corrected chi connectivity index (χ3v) is 6.40. The number of rotatable bonds is 6. The first-order valence-electron chi connectivity index (χ1n) is 11.9. The van der Waals surface area contributed by atoms with Crippen LogP contribution in [0.2, 0.25) is 0 Å². The van der Waals surface area contributed by atoms with E-state index in [2.05, 4.69) is 48.5 Å². The molecule has 0 saturated carbocycles. The van der Waals surface area contributed by atoms with Gasteiger partial charge in [0.15, 0.2) is 0 Å². The molecule has 0 saturated heterocycles. The lowest BCUT2D eigenvalue weighted by Crippen LogP contribution is -2.13. The number of aromatic nitrogens is 3. The Balaban J connectivity index is 1.53. The van der Waals surface area contributed by atoms with Crippen molar-refractivity contribution < 1.29 is 9.53 Å². The number of hydrogen-bond donors (Lipinski definition) is 1. The molecule has 0 spiro atoms. The second kappa shape index (κ2) is 9.66. The zero-order chi connectivity index (χ0) is 25.2. The summed E-state index contributed by atoms with van der Waals surface area (Å²) >= 11 is 0. The van der Waals surface area contributed by atoms with Crippen LogP contribution in [0.25, 0.3) is 27.8 Å². The van der Waals surface area contributed by atoms with E-state index in [0.717, 1.165) is 33.6 Å². The molecule has 0 unspecified atom stereocenters. The molecule has 0 atom stereocenters. The first-order chi connectivity index (χ1) is 17.4. The summed E-state index contributed by atoms with van der Waals surface area (Å²) in [7, 11) is 1.61. The van der Waals surface area contributed by atoms with Gasteiger partial charge in [-0.2, -0.15) is 5.10 Å². The van der Waals surface area contributed by atoms with Crippen LogP contribution in [0, 0.1) is 6.92 Å². The van der Waals surface area contributed by atoms with Crippen molar-refractivity contribution in [3.63, 3.8) is 0 Å². The van der Waals surface area contributed by atoms with Crippen molar-refractivity contribution in [1.29, 1.82) is 0 Å². The number of ether oxygens (including phenoxy) is 1. The Kier molecular flexibility index (Phi) is 6.25. The minimum Gasteiger partial charge on any atom is -0.497 e. The van der Waals surface area contributed by atoms with Gasteiger partial charge in [0, 0.05) is 16.6 Å². The maximum Gasteiger partial charge on any atom is 0.256 e. The number of nitrogens with one attached hydrogen (secondary N) is 1. The minimum absolute atomic E-state index is 0.200. The standard InChI is InChI=1S/C30H28N4O2/c1-19(2)21-9-13-23(14-10-21)34-20(3)27(18-31-34)29-17-26(25-7-5-6-8-28(25)33-29)30(35)32-22-11-15-24(36-4)16-12-22/h5-19H,1-4H3,(H,32,35). The van der Waals surface area contributed by atoms with Crippen molar-refractivity contribution in [2.24, 2.45) is 0 Å². The Bertz CT molecular complexity index is 1530. The van der Waals surface area contributed by atoms with Crippen molar-refractivity contribution in [3.8, 4) is 22.7 Å². The van der Waals surface area contributed by atoms with Crippen molar-refractivity contribution in [2.45, 2.75) is 26.7 Å². The van der Waals surface area contributed by atoms with Crippen LogP contribution < -0.4 is 10.1 Å². The first kappa shape index (κ1) is 23.3. The molecule has 3 aromatic carbocycles. The molecule has 6 heteroatoms. The highest BCUT2D eigenvalue weighted by Gasteiger charge is 2.18. The van der Waals surface area contributed by atoms with Gasteiger partial charge >= 0.3 is 0 Å². The minimum atomic E-state index is -0.200. The van der Waals surface area contributed by atoms with E-state index in [0.29, 0.717) is 22.9 Å². The van der Waals surface area contributed by atoms with E-state index in [4.69, 9.17) is 9.72 Å². The number of nitrogens with zero attached hydrogens (tertiary/aromatic N) is 3. The maximum atomic E-state index is 13.4. The van der Waals surface area contributed by atoms with Crippen LogP contribution in [0.4, 0.5) is 5.69 Å². The molecule has 5 aromatic rings. The van der Waals surface area contributed by atoms with Gasteiger partial charge in [-0.1, -0.05) is 44.2 Å². The van der Waals surface area contributed by atoms with Gasteiger partial charge in [0.25, 0.3) is 5.91 Å². The van der Waals surface area contributed by atoms with Crippen LogP contribution in [0.3, 0.4) is 0 Å². The van der Waals surface area contributed by atoms with E-state index in [-0.39, 0.29) is 5.91 Å². The number of methoxy groups -OCH3 is 1. The molecule has 0 aliphatic heterocycles. The zero-order valence-electron chi connectivity index (χ0n) is 20.8. The highest BCUT2D eigenvalue weighted by molar-refractivity contribution is 6.13. The molecule has 1 N–H and O–H groups in total. The van der Waals surface area contributed by atoms with Gasteiger partial charge in [0.1, 0.15) is 5.75 Å². The highest BCUT2D eigenvalue weighted by Crippen LogP contribution is 2.29. The van der Waals surface area contributed by atoms with E-state index < -0.39 is 0 Å². The smallest absolute Gasteiger partial charge is 0.256 e. The summed E-state index contributed by atoms with van der Waals surface area (Å²) in [5.74, 6) is 1.00. The van der Waals surface area contributed by atoms with Gasteiger partial charge in [-0.05, 0) is 66.9 Å². The summed E-state index contributed by atoms with van der Waals surface area (Å²) in [5.41, 5.74) is 6.81. The first-order valence-corrected chi connectivity index (χ1v) is 11.9. The summed E-state index contributed by atoms with van der Waals surface area (Å²) in [6, 6.07) is 25.2. The normalized spacial score (nSPS) is 11.1. The molecule has 0 aliphatic carbocycles. The Hall–Kier alpha value is -4.45. The molecule has 180 valence electrons. The zero-order valence-corrected chi connectivity index (χ0v) is 20.8. The molecule has 0 fully saturated rings. The molecule has 2 aromatic heterocycles. The fourth-order valence-electron chi connectivity index (χ4n) is 4.30. The predicted octanol–water partition coefficient (Wildman–Crippen LogP) is 6.78. The third-order valence-electron chi connectivity index (χ3n) is 6.40. The molecule has 6 nitrogen and oxygen atoms in total. The van der Waals surface area contributed by atoms with Gasteiger partial charge in [0.2, 0.25) is 0 Å². The summed E-state index contributed by atoms with van der Waals surface area (Å²) in [6.07, 6.45) is 1.81. The lowest BCUT2D eigenvalue weighted by molar-refractivity contribution is 0.102. The monoisotopic (exact) mass is 476 g/mol. The van der Waals surface area contributed by atoms with E-state index in [1.165, 1.54) is 5.56 Å². The average molecular weight is 477 g/mol. The Morgan fingerprint density at radius 3 is 2.39 bits per heavy atom. The Morgan fingerprint density at radius 1 is 0.972 bits per heavy atom. The molecule has 2 heterocycles. The molecule has 0 bridgehead atoms. The highest BCUT2D eigenvalue weighted by atomic mass is 16.5. The number of anilines is 1. The summed E-state index contributed by atoms with van der Waals surface area (Å²) in [4.78, 5) is 18.2. The maximum absolute atomic E-state index is 13.4. The Morgan fingerprint density at radius 2 is 1.69 bits per heavy atom. The lowest BCUT2D eigenvalue weighted by atomic mass is 10.0. The van der Waals surface area contributed by atoms with Crippen LogP contribution in [0.15, 0.2) is 85.1 Å². The van der Waals surface area contributed by atoms with E-state index in [9.17, 15) is 4.79 Å². The number of benzene rings is 3. The number of para-hydroxylation sites is 1. The summed E-state index contributed by atoms with van der Waals surface area (Å²) in [6.45, 7) is 6.38. The van der Waals surface area contributed by atoms with Crippen LogP contribution in [-0.4, -0.2) is 27.8 Å². The second-order valence-corrected chi connectivity index (χ2v) is 9.06. The number of hydrogen-bond acceptors (Lipinski definition) is 4. The van der Waals surface area contributed by atoms with Gasteiger partial charge < -0.3 is 10.1 Å². The average Bonchev–Trinajstić information content (AvgIpc) is 3.29. The predicted molar refractivity (Wildman–Crippen MR) is 144 cm³/mol. The van der Waals surface area contributed by atoms with Crippen LogP contribution in [0.5, 0.6) is 5.75 Å². The fourth-order valence-corrected chi connectivity index (χ4v) is 4.30. The van der Waals surface area contributed by atoms with Gasteiger partial charge in [-0.25, -0.2) is 9.67 Å². The van der Waals surface area contributed by atoms with Crippen molar-refractivity contribution >= 4 is 22.5 Å². The number of carbonyl (C=O) groups is 1. The summed E-state index contributed by atoms with van der Waals surface area (Å²) < 4.78 is 7.12.